The van der Waals surface area contributed by atoms with Crippen LogP contribution in [0.3, 0.4) is 0 Å². The van der Waals surface area contributed by atoms with Gasteiger partial charge in [0.25, 0.3) is 0 Å². The molecule has 1 aromatic rings. The molecular formula is C10H14F3N3O2. The first-order valence-electron chi connectivity index (χ1n) is 5.45. The summed E-state index contributed by atoms with van der Waals surface area (Å²) in [4.78, 5) is 15.3. The molecule has 1 rings (SSSR count). The molecule has 0 fully saturated rings. The number of Topliss-reactive ketones (excluding diaryl/α,β-unsaturated/α-hetero) is 1. The quantitative estimate of drug-likeness (QED) is 0.747. The molecule has 0 amide bonds. The van der Waals surface area contributed by atoms with Gasteiger partial charge in [0, 0.05) is 6.54 Å². The average Bonchev–Trinajstić information content (AvgIpc) is 2.64. The third kappa shape index (κ3) is 5.26. The lowest BCUT2D eigenvalue weighted by Gasteiger charge is -2.07. The van der Waals surface area contributed by atoms with Crippen LogP contribution in [-0.2, 0) is 22.5 Å². The molecule has 0 spiro atoms. The number of nitrogens with zero attached hydrogens (tertiary/aromatic N) is 3. The Morgan fingerprint density at radius 2 is 2.22 bits per heavy atom. The van der Waals surface area contributed by atoms with Crippen molar-refractivity contribution in [3.63, 3.8) is 0 Å². The zero-order chi connectivity index (χ0) is 13.6. The van der Waals surface area contributed by atoms with Crippen molar-refractivity contribution in [3.05, 3.63) is 12.2 Å². The van der Waals surface area contributed by atoms with Crippen molar-refractivity contribution in [2.24, 2.45) is 0 Å². The van der Waals surface area contributed by atoms with Crippen LogP contribution in [0.15, 0.2) is 6.33 Å². The maximum atomic E-state index is 11.8. The SMILES string of the molecule is CCCn1ncnc1CC(=O)COCC(F)(F)F. The third-order valence-corrected chi connectivity index (χ3v) is 2.02. The first kappa shape index (κ1) is 14.6. The number of carbonyl (C=O) groups excluding carboxylic acids is 1. The van der Waals surface area contributed by atoms with Crippen molar-refractivity contribution < 1.29 is 22.7 Å². The molecule has 5 nitrogen and oxygen atoms in total. The first-order valence-corrected chi connectivity index (χ1v) is 5.45. The van der Waals surface area contributed by atoms with Gasteiger partial charge in [0.05, 0.1) is 6.42 Å². The second-order valence-corrected chi connectivity index (χ2v) is 3.72. The number of aryl methyl sites for hydroxylation is 1. The van der Waals surface area contributed by atoms with Crippen LogP contribution in [0.5, 0.6) is 0 Å². The van der Waals surface area contributed by atoms with Crippen LogP contribution < -0.4 is 0 Å². The Balaban J connectivity index is 2.37. The summed E-state index contributed by atoms with van der Waals surface area (Å²) >= 11 is 0. The molecule has 0 saturated heterocycles. The smallest absolute Gasteiger partial charge is 0.364 e. The second kappa shape index (κ2) is 6.48. The Kier molecular flexibility index (Phi) is 5.26. The fourth-order valence-electron chi connectivity index (χ4n) is 1.33. The molecule has 102 valence electrons. The molecule has 0 aromatic carbocycles. The maximum Gasteiger partial charge on any atom is 0.411 e. The number of alkyl halides is 3. The Hall–Kier alpha value is -1.44. The van der Waals surface area contributed by atoms with Gasteiger partial charge < -0.3 is 4.74 Å². The molecule has 8 heteroatoms. The summed E-state index contributed by atoms with van der Waals surface area (Å²) in [5.41, 5.74) is 0. The molecule has 1 heterocycles. The molecule has 0 bridgehead atoms. The fraction of sp³-hybridized carbons (Fsp3) is 0.700. The molecular weight excluding hydrogens is 251 g/mol. The van der Waals surface area contributed by atoms with E-state index in [1.54, 1.807) is 4.68 Å². The van der Waals surface area contributed by atoms with Crippen molar-refractivity contribution in [2.75, 3.05) is 13.2 Å². The van der Waals surface area contributed by atoms with Crippen LogP contribution in [0.1, 0.15) is 19.2 Å². The molecule has 0 unspecified atom stereocenters. The maximum absolute atomic E-state index is 11.8. The van der Waals surface area contributed by atoms with E-state index in [-0.39, 0.29) is 6.42 Å². The Morgan fingerprint density at radius 1 is 1.50 bits per heavy atom. The Bertz CT molecular complexity index is 390. The number of ketones is 1. The normalized spacial score (nSPS) is 11.8. The van der Waals surface area contributed by atoms with E-state index in [1.165, 1.54) is 6.33 Å². The first-order chi connectivity index (χ1) is 8.42. The number of rotatable bonds is 7. The summed E-state index contributed by atoms with van der Waals surface area (Å²) in [6, 6.07) is 0. The highest BCUT2D eigenvalue weighted by Gasteiger charge is 2.27. The summed E-state index contributed by atoms with van der Waals surface area (Å²) in [5, 5.41) is 3.91. The van der Waals surface area contributed by atoms with Crippen LogP contribution in [-0.4, -0.2) is 39.9 Å². The van der Waals surface area contributed by atoms with E-state index in [9.17, 15) is 18.0 Å². The predicted octanol–water partition coefficient (Wildman–Crippen LogP) is 1.38. The minimum absolute atomic E-state index is 0.0716. The number of hydrogen-bond donors (Lipinski definition) is 0. The standard InChI is InChI=1S/C10H14F3N3O2/c1-2-3-16-9(14-7-15-16)4-8(17)5-18-6-10(11,12)13/h7H,2-6H2,1H3. The van der Waals surface area contributed by atoms with Gasteiger partial charge in [-0.1, -0.05) is 6.92 Å². The zero-order valence-corrected chi connectivity index (χ0v) is 9.90. The number of carbonyl (C=O) groups is 1. The molecule has 0 aliphatic carbocycles. The van der Waals surface area contributed by atoms with E-state index in [0.717, 1.165) is 6.42 Å². The van der Waals surface area contributed by atoms with Crippen LogP contribution in [0, 0.1) is 0 Å². The monoisotopic (exact) mass is 265 g/mol. The van der Waals surface area contributed by atoms with Gasteiger partial charge in [-0.05, 0) is 6.42 Å². The summed E-state index contributed by atoms with van der Waals surface area (Å²) < 4.78 is 41.2. The average molecular weight is 265 g/mol. The third-order valence-electron chi connectivity index (χ3n) is 2.02. The van der Waals surface area contributed by atoms with Crippen LogP contribution in [0.4, 0.5) is 13.2 Å². The lowest BCUT2D eigenvalue weighted by atomic mass is 10.3. The van der Waals surface area contributed by atoms with Gasteiger partial charge in [0.2, 0.25) is 0 Å². The van der Waals surface area contributed by atoms with Gasteiger partial charge in [0.15, 0.2) is 5.78 Å². The highest BCUT2D eigenvalue weighted by molar-refractivity contribution is 5.81. The number of ether oxygens (including phenoxy) is 1. The molecule has 0 atom stereocenters. The van der Waals surface area contributed by atoms with Gasteiger partial charge in [-0.25, -0.2) is 9.67 Å². The zero-order valence-electron chi connectivity index (χ0n) is 9.90. The van der Waals surface area contributed by atoms with E-state index in [0.29, 0.717) is 12.4 Å². The van der Waals surface area contributed by atoms with Crippen molar-refractivity contribution >= 4 is 5.78 Å². The number of aromatic nitrogens is 3. The van der Waals surface area contributed by atoms with E-state index < -0.39 is 25.2 Å². The van der Waals surface area contributed by atoms with Crippen LogP contribution >= 0.6 is 0 Å². The summed E-state index contributed by atoms with van der Waals surface area (Å²) in [6.45, 7) is 0.574. The van der Waals surface area contributed by atoms with Crippen molar-refractivity contribution in [1.82, 2.24) is 14.8 Å². The molecule has 0 N–H and O–H groups in total. The van der Waals surface area contributed by atoms with Gasteiger partial charge >= 0.3 is 6.18 Å². The second-order valence-electron chi connectivity index (χ2n) is 3.72. The van der Waals surface area contributed by atoms with Gasteiger partial charge in [-0.2, -0.15) is 18.3 Å². The van der Waals surface area contributed by atoms with E-state index in [1.807, 2.05) is 6.92 Å². The molecule has 0 aliphatic heterocycles. The van der Waals surface area contributed by atoms with Gasteiger partial charge in [0.1, 0.15) is 25.4 Å². The number of hydrogen-bond acceptors (Lipinski definition) is 4. The minimum Gasteiger partial charge on any atom is -0.364 e. The molecule has 1 aromatic heterocycles. The summed E-state index contributed by atoms with van der Waals surface area (Å²) in [6.07, 6.45) is -2.34. The molecule has 18 heavy (non-hydrogen) atoms. The summed E-state index contributed by atoms with van der Waals surface area (Å²) in [7, 11) is 0. The van der Waals surface area contributed by atoms with Crippen molar-refractivity contribution in [1.29, 1.82) is 0 Å². The fourth-order valence-corrected chi connectivity index (χ4v) is 1.33. The lowest BCUT2D eigenvalue weighted by molar-refractivity contribution is -0.175. The van der Waals surface area contributed by atoms with Gasteiger partial charge in [-0.3, -0.25) is 4.79 Å². The van der Waals surface area contributed by atoms with Crippen LogP contribution in [0.2, 0.25) is 0 Å². The van der Waals surface area contributed by atoms with Crippen molar-refractivity contribution in [3.8, 4) is 0 Å². The molecule has 0 radical (unpaired) electrons. The minimum atomic E-state index is -4.41. The molecule has 0 aliphatic rings. The highest BCUT2D eigenvalue weighted by atomic mass is 19.4. The largest absolute Gasteiger partial charge is 0.411 e. The van der Waals surface area contributed by atoms with Crippen LogP contribution in [0.25, 0.3) is 0 Å². The topological polar surface area (TPSA) is 57.0 Å². The lowest BCUT2D eigenvalue weighted by Crippen LogP contribution is -2.22. The van der Waals surface area contributed by atoms with E-state index in [2.05, 4.69) is 14.8 Å². The van der Waals surface area contributed by atoms with Gasteiger partial charge in [-0.15, -0.1) is 0 Å². The predicted molar refractivity (Wildman–Crippen MR) is 55.9 cm³/mol. The Morgan fingerprint density at radius 3 is 2.83 bits per heavy atom. The molecule has 0 saturated carbocycles. The van der Waals surface area contributed by atoms with E-state index in [4.69, 9.17) is 0 Å². The van der Waals surface area contributed by atoms with E-state index >= 15 is 0 Å². The highest BCUT2D eigenvalue weighted by Crippen LogP contribution is 2.14. The van der Waals surface area contributed by atoms with Crippen molar-refractivity contribution in [2.45, 2.75) is 32.5 Å². The number of halogens is 3. The Labute approximate surface area is 102 Å². The summed E-state index contributed by atoms with van der Waals surface area (Å²) in [5.74, 6) is -0.0120.